The van der Waals surface area contributed by atoms with Crippen molar-refractivity contribution in [1.29, 1.82) is 5.26 Å². The van der Waals surface area contributed by atoms with Crippen molar-refractivity contribution in [3.63, 3.8) is 0 Å². The maximum Gasteiger partial charge on any atom is 0.288 e. The number of H-pyrrole nitrogens is 1. The number of nitriles is 1. The SMILES string of the molecule is Cc1cc2nc(C(C#N)=Cc3ccc(Cl)c([N+](=O)[O-])c3)[nH]c2cc1C. The fourth-order valence-electron chi connectivity index (χ4n) is 2.48. The number of aryl methyl sites for hydroxylation is 2. The number of benzene rings is 2. The molecule has 0 saturated carbocycles. The number of fused-ring (bicyclic) bond motifs is 1. The van der Waals surface area contributed by atoms with Gasteiger partial charge in [0.2, 0.25) is 0 Å². The topological polar surface area (TPSA) is 95.6 Å². The van der Waals surface area contributed by atoms with E-state index < -0.39 is 4.92 Å². The fraction of sp³-hybridized carbons (Fsp3) is 0.111. The zero-order valence-corrected chi connectivity index (χ0v) is 14.3. The molecular formula is C18H13ClN4O2. The van der Waals surface area contributed by atoms with Crippen molar-refractivity contribution in [2.45, 2.75) is 13.8 Å². The summed E-state index contributed by atoms with van der Waals surface area (Å²) < 4.78 is 0. The number of nitro groups is 1. The van der Waals surface area contributed by atoms with E-state index >= 15 is 0 Å². The van der Waals surface area contributed by atoms with Crippen LogP contribution in [0, 0.1) is 35.3 Å². The molecule has 124 valence electrons. The molecule has 1 heterocycles. The number of hydrogen-bond acceptors (Lipinski definition) is 4. The summed E-state index contributed by atoms with van der Waals surface area (Å²) in [6.07, 6.45) is 1.54. The van der Waals surface area contributed by atoms with E-state index in [1.807, 2.05) is 26.0 Å². The number of hydrogen-bond donors (Lipinski definition) is 1. The Balaban J connectivity index is 2.09. The molecule has 0 amide bonds. The normalized spacial score (nSPS) is 11.5. The van der Waals surface area contributed by atoms with E-state index in [1.165, 1.54) is 12.1 Å². The van der Waals surface area contributed by atoms with Crippen LogP contribution in [0.1, 0.15) is 22.5 Å². The molecule has 2 aromatic carbocycles. The lowest BCUT2D eigenvalue weighted by Gasteiger charge is -1.98. The number of rotatable bonds is 3. The van der Waals surface area contributed by atoms with Crippen LogP contribution in [-0.4, -0.2) is 14.9 Å². The molecule has 0 aliphatic heterocycles. The van der Waals surface area contributed by atoms with Gasteiger partial charge in [-0.1, -0.05) is 17.7 Å². The molecule has 7 heteroatoms. The summed E-state index contributed by atoms with van der Waals surface area (Å²) in [6, 6.07) is 10.4. The summed E-state index contributed by atoms with van der Waals surface area (Å²) in [5.41, 5.74) is 4.41. The molecule has 0 saturated heterocycles. The zero-order chi connectivity index (χ0) is 18.1. The molecule has 6 nitrogen and oxygen atoms in total. The molecule has 0 bridgehead atoms. The highest BCUT2D eigenvalue weighted by Crippen LogP contribution is 2.27. The van der Waals surface area contributed by atoms with Gasteiger partial charge in [-0.15, -0.1) is 0 Å². The Labute approximate surface area is 148 Å². The Kier molecular flexibility index (Phi) is 4.26. The van der Waals surface area contributed by atoms with E-state index in [4.69, 9.17) is 11.6 Å². The third-order valence-corrected chi connectivity index (χ3v) is 4.27. The maximum absolute atomic E-state index is 11.0. The van der Waals surface area contributed by atoms with Crippen LogP contribution in [-0.2, 0) is 0 Å². The van der Waals surface area contributed by atoms with E-state index in [2.05, 4.69) is 16.0 Å². The van der Waals surface area contributed by atoms with Crippen molar-refractivity contribution < 1.29 is 4.92 Å². The highest BCUT2D eigenvalue weighted by molar-refractivity contribution is 6.32. The third kappa shape index (κ3) is 3.23. The number of allylic oxidation sites excluding steroid dienone is 1. The molecule has 1 N–H and O–H groups in total. The van der Waals surface area contributed by atoms with Gasteiger partial charge in [0.15, 0.2) is 0 Å². The summed E-state index contributed by atoms with van der Waals surface area (Å²) in [5.74, 6) is 0.417. The van der Waals surface area contributed by atoms with Gasteiger partial charge in [0, 0.05) is 6.07 Å². The van der Waals surface area contributed by atoms with E-state index in [0.717, 1.165) is 22.2 Å². The van der Waals surface area contributed by atoms with Crippen LogP contribution in [0.15, 0.2) is 30.3 Å². The van der Waals surface area contributed by atoms with Gasteiger partial charge in [0.05, 0.1) is 21.5 Å². The van der Waals surface area contributed by atoms with Crippen LogP contribution in [0.3, 0.4) is 0 Å². The van der Waals surface area contributed by atoms with Gasteiger partial charge in [0.25, 0.3) is 5.69 Å². The first-order valence-corrected chi connectivity index (χ1v) is 7.80. The van der Waals surface area contributed by atoms with E-state index in [9.17, 15) is 15.4 Å². The van der Waals surface area contributed by atoms with Crippen molar-refractivity contribution in [2.24, 2.45) is 0 Å². The molecule has 1 aromatic heterocycles. The number of nitrogens with zero attached hydrogens (tertiary/aromatic N) is 3. The fourth-order valence-corrected chi connectivity index (χ4v) is 2.66. The molecular weight excluding hydrogens is 340 g/mol. The minimum Gasteiger partial charge on any atom is -0.337 e. The first-order chi connectivity index (χ1) is 11.9. The van der Waals surface area contributed by atoms with E-state index in [1.54, 1.807) is 12.1 Å². The molecule has 3 aromatic rings. The predicted octanol–water partition coefficient (Wildman–Crippen LogP) is 4.81. The second-order valence-corrected chi connectivity index (χ2v) is 6.08. The van der Waals surface area contributed by atoms with Crippen LogP contribution in [0.5, 0.6) is 0 Å². The van der Waals surface area contributed by atoms with E-state index in [-0.39, 0.29) is 16.3 Å². The average Bonchev–Trinajstić information content (AvgIpc) is 2.96. The van der Waals surface area contributed by atoms with Gasteiger partial charge >= 0.3 is 0 Å². The van der Waals surface area contributed by atoms with Crippen molar-refractivity contribution in [2.75, 3.05) is 0 Å². The first-order valence-electron chi connectivity index (χ1n) is 7.42. The number of nitrogens with one attached hydrogen (secondary N) is 1. The minimum atomic E-state index is -0.557. The van der Waals surface area contributed by atoms with Crippen LogP contribution >= 0.6 is 11.6 Å². The zero-order valence-electron chi connectivity index (χ0n) is 13.5. The Morgan fingerprint density at radius 1 is 1.32 bits per heavy atom. The highest BCUT2D eigenvalue weighted by atomic mass is 35.5. The molecule has 0 spiro atoms. The van der Waals surface area contributed by atoms with Gasteiger partial charge < -0.3 is 4.98 Å². The summed E-state index contributed by atoms with van der Waals surface area (Å²) in [6.45, 7) is 4.00. The number of nitro benzene ring substituents is 1. The summed E-state index contributed by atoms with van der Waals surface area (Å²) >= 11 is 5.82. The lowest BCUT2D eigenvalue weighted by Crippen LogP contribution is -1.90. The second kappa shape index (κ2) is 6.38. The van der Waals surface area contributed by atoms with Crippen LogP contribution in [0.2, 0.25) is 5.02 Å². The van der Waals surface area contributed by atoms with Gasteiger partial charge in [-0.05, 0) is 54.8 Å². The standard InChI is InChI=1S/C18H13ClN4O2/c1-10-5-15-16(6-11(10)2)22-18(21-15)13(9-20)7-12-3-4-14(19)17(8-12)23(24)25/h3-8H,1-2H3,(H,21,22). The third-order valence-electron chi connectivity index (χ3n) is 3.95. The van der Waals surface area contributed by atoms with E-state index in [0.29, 0.717) is 11.4 Å². The summed E-state index contributed by atoms with van der Waals surface area (Å²) in [4.78, 5) is 18.0. The Bertz CT molecular complexity index is 1040. The summed E-state index contributed by atoms with van der Waals surface area (Å²) in [7, 11) is 0. The Morgan fingerprint density at radius 2 is 2.04 bits per heavy atom. The van der Waals surface area contributed by atoms with Gasteiger partial charge in [0.1, 0.15) is 16.9 Å². The largest absolute Gasteiger partial charge is 0.337 e. The Hall–Kier alpha value is -3.17. The van der Waals surface area contributed by atoms with Crippen LogP contribution < -0.4 is 0 Å². The lowest BCUT2D eigenvalue weighted by molar-refractivity contribution is -0.384. The smallest absolute Gasteiger partial charge is 0.288 e. The quantitative estimate of drug-likeness (QED) is 0.415. The number of halogens is 1. The molecule has 25 heavy (non-hydrogen) atoms. The second-order valence-electron chi connectivity index (χ2n) is 5.68. The number of aromatic nitrogens is 2. The first kappa shape index (κ1) is 16.7. The van der Waals surface area contributed by atoms with Crippen molar-refractivity contribution in [3.8, 4) is 6.07 Å². The Morgan fingerprint density at radius 3 is 2.72 bits per heavy atom. The van der Waals surface area contributed by atoms with Crippen LogP contribution in [0.4, 0.5) is 5.69 Å². The van der Waals surface area contributed by atoms with Gasteiger partial charge in [-0.3, -0.25) is 10.1 Å². The average molecular weight is 353 g/mol. The monoisotopic (exact) mass is 352 g/mol. The highest BCUT2D eigenvalue weighted by Gasteiger charge is 2.14. The number of aromatic amines is 1. The molecule has 3 rings (SSSR count). The predicted molar refractivity (Wildman–Crippen MR) is 97.2 cm³/mol. The molecule has 0 fully saturated rings. The number of imidazole rings is 1. The molecule has 0 atom stereocenters. The molecule has 0 radical (unpaired) electrons. The van der Waals surface area contributed by atoms with Crippen molar-refractivity contribution >= 4 is 40.0 Å². The maximum atomic E-state index is 11.0. The van der Waals surface area contributed by atoms with Crippen molar-refractivity contribution in [1.82, 2.24) is 9.97 Å². The molecule has 0 unspecified atom stereocenters. The van der Waals surface area contributed by atoms with Gasteiger partial charge in [-0.25, -0.2) is 4.98 Å². The lowest BCUT2D eigenvalue weighted by atomic mass is 10.1. The van der Waals surface area contributed by atoms with Crippen LogP contribution in [0.25, 0.3) is 22.7 Å². The minimum absolute atomic E-state index is 0.0512. The van der Waals surface area contributed by atoms with Crippen molar-refractivity contribution in [3.05, 3.63) is 68.0 Å². The molecule has 0 aliphatic carbocycles. The summed E-state index contributed by atoms with van der Waals surface area (Å²) in [5, 5.41) is 20.5. The molecule has 0 aliphatic rings. The van der Waals surface area contributed by atoms with Gasteiger partial charge in [-0.2, -0.15) is 5.26 Å².